The van der Waals surface area contributed by atoms with Crippen molar-refractivity contribution in [2.75, 3.05) is 7.11 Å². The van der Waals surface area contributed by atoms with Gasteiger partial charge in [0.1, 0.15) is 0 Å². The molecule has 1 aromatic carbocycles. The summed E-state index contributed by atoms with van der Waals surface area (Å²) in [6.07, 6.45) is 0.888. The van der Waals surface area contributed by atoms with Crippen LogP contribution in [0.3, 0.4) is 0 Å². The fourth-order valence-corrected chi connectivity index (χ4v) is 2.91. The molecule has 0 bridgehead atoms. The molecule has 0 saturated carbocycles. The van der Waals surface area contributed by atoms with Crippen LogP contribution in [-0.4, -0.2) is 24.0 Å². The van der Waals surface area contributed by atoms with E-state index >= 15 is 0 Å². The highest BCUT2D eigenvalue weighted by Crippen LogP contribution is 2.31. The Morgan fingerprint density at radius 3 is 2.52 bits per heavy atom. The summed E-state index contributed by atoms with van der Waals surface area (Å²) in [5, 5.41) is 9.43. The van der Waals surface area contributed by atoms with Gasteiger partial charge in [0.25, 0.3) is 0 Å². The van der Waals surface area contributed by atoms with E-state index in [1.165, 1.54) is 11.3 Å². The molecule has 21 heavy (non-hydrogen) atoms. The Balaban J connectivity index is 2.32. The zero-order valence-corrected chi connectivity index (χ0v) is 12.4. The van der Waals surface area contributed by atoms with Gasteiger partial charge in [0.05, 0.1) is 12.0 Å². The van der Waals surface area contributed by atoms with Gasteiger partial charge in [0, 0.05) is 11.0 Å². The minimum atomic E-state index is -0.930. The number of esters is 1. The third-order valence-electron chi connectivity index (χ3n) is 2.86. The predicted octanol–water partition coefficient (Wildman–Crippen LogP) is 3.52. The number of ketones is 1. The molecule has 2 rings (SSSR count). The second-order valence-corrected chi connectivity index (χ2v) is 5.43. The molecule has 0 atom stereocenters. The molecule has 108 valence electrons. The van der Waals surface area contributed by atoms with Crippen LogP contribution < -0.4 is 0 Å². The maximum absolute atomic E-state index is 12.1. The second kappa shape index (κ2) is 6.37. The number of allylic oxidation sites excluding steroid dienone is 1. The molecular weight excluding hydrogens is 288 g/mol. The molecule has 2 aromatic rings. The van der Waals surface area contributed by atoms with Crippen LogP contribution in [0.4, 0.5) is 0 Å². The highest BCUT2D eigenvalue weighted by atomic mass is 32.1. The number of aliphatic hydroxyl groups is 1. The molecule has 0 aliphatic rings. The summed E-state index contributed by atoms with van der Waals surface area (Å²) >= 11 is 1.32. The number of benzene rings is 1. The maximum Gasteiger partial charge on any atom is 0.373 e. The first-order valence-corrected chi connectivity index (χ1v) is 7.03. The van der Waals surface area contributed by atoms with Crippen LogP contribution in [0.25, 0.3) is 10.4 Å². The lowest BCUT2D eigenvalue weighted by Crippen LogP contribution is -2.06. The van der Waals surface area contributed by atoms with Gasteiger partial charge in [0.15, 0.2) is 5.78 Å². The van der Waals surface area contributed by atoms with Gasteiger partial charge in [-0.25, -0.2) is 4.79 Å². The number of aliphatic hydroxyl groups excluding tert-OH is 1. The Hall–Kier alpha value is -2.40. The van der Waals surface area contributed by atoms with Crippen LogP contribution in [0.5, 0.6) is 0 Å². The van der Waals surface area contributed by atoms with Crippen molar-refractivity contribution in [2.45, 2.75) is 6.92 Å². The number of carbonyl (C=O) groups is 2. The van der Waals surface area contributed by atoms with Crippen molar-refractivity contribution in [3.05, 3.63) is 58.7 Å². The van der Waals surface area contributed by atoms with Crippen LogP contribution in [0.2, 0.25) is 0 Å². The van der Waals surface area contributed by atoms with Gasteiger partial charge in [-0.05, 0) is 24.1 Å². The van der Waals surface area contributed by atoms with Gasteiger partial charge in [-0.15, -0.1) is 11.3 Å². The van der Waals surface area contributed by atoms with E-state index in [1.807, 2.05) is 43.3 Å². The number of methoxy groups -OCH3 is 1. The zero-order chi connectivity index (χ0) is 15.4. The third-order valence-corrected chi connectivity index (χ3v) is 4.16. The van der Waals surface area contributed by atoms with Gasteiger partial charge in [-0.2, -0.15) is 0 Å². The van der Waals surface area contributed by atoms with Crippen molar-refractivity contribution in [3.63, 3.8) is 0 Å². The normalized spacial score (nSPS) is 11.2. The van der Waals surface area contributed by atoms with Crippen molar-refractivity contribution in [3.8, 4) is 10.4 Å². The van der Waals surface area contributed by atoms with Crippen molar-refractivity contribution in [2.24, 2.45) is 0 Å². The number of rotatable bonds is 4. The third kappa shape index (κ3) is 3.38. The van der Waals surface area contributed by atoms with Crippen molar-refractivity contribution >= 4 is 23.1 Å². The Morgan fingerprint density at radius 2 is 1.90 bits per heavy atom. The Bertz CT molecular complexity index is 698. The van der Waals surface area contributed by atoms with E-state index in [1.54, 1.807) is 0 Å². The molecule has 5 heteroatoms. The lowest BCUT2D eigenvalue weighted by atomic mass is 10.1. The second-order valence-electron chi connectivity index (χ2n) is 4.37. The van der Waals surface area contributed by atoms with Crippen LogP contribution in [0.15, 0.2) is 48.2 Å². The highest BCUT2D eigenvalue weighted by molar-refractivity contribution is 7.17. The summed E-state index contributed by atoms with van der Waals surface area (Å²) in [7, 11) is 1.14. The highest BCUT2D eigenvalue weighted by Gasteiger charge is 2.16. The number of thiophene rings is 1. The monoisotopic (exact) mass is 302 g/mol. The van der Waals surface area contributed by atoms with Gasteiger partial charge >= 0.3 is 5.97 Å². The predicted molar refractivity (Wildman–Crippen MR) is 81.6 cm³/mol. The minimum Gasteiger partial charge on any atom is -0.502 e. The Morgan fingerprint density at radius 1 is 1.24 bits per heavy atom. The fraction of sp³-hybridized carbons (Fsp3) is 0.125. The van der Waals surface area contributed by atoms with Crippen LogP contribution in [0.1, 0.15) is 15.2 Å². The Labute approximate surface area is 126 Å². The summed E-state index contributed by atoms with van der Waals surface area (Å²) in [5.74, 6) is -2.04. The van der Waals surface area contributed by atoms with Gasteiger partial charge in [0.2, 0.25) is 5.76 Å². The van der Waals surface area contributed by atoms with Crippen molar-refractivity contribution in [1.82, 2.24) is 0 Å². The molecule has 0 unspecified atom stereocenters. The standard InChI is InChI=1S/C16H14O4S/c1-10-8-14(11-6-4-3-5-7-11)21-15(10)12(17)9-13(18)16(19)20-2/h3-9,18H,1-2H3. The van der Waals surface area contributed by atoms with E-state index in [0.29, 0.717) is 4.88 Å². The first kappa shape index (κ1) is 15.0. The van der Waals surface area contributed by atoms with Crippen LogP contribution >= 0.6 is 11.3 Å². The van der Waals surface area contributed by atoms with Gasteiger partial charge < -0.3 is 9.84 Å². The summed E-state index contributed by atoms with van der Waals surface area (Å²) < 4.78 is 4.35. The van der Waals surface area contributed by atoms with Crippen molar-refractivity contribution < 1.29 is 19.4 Å². The van der Waals surface area contributed by atoms with Crippen molar-refractivity contribution in [1.29, 1.82) is 0 Å². The molecule has 0 saturated heterocycles. The van der Waals surface area contributed by atoms with Crippen LogP contribution in [0, 0.1) is 6.92 Å². The molecule has 0 radical (unpaired) electrons. The Kier molecular flexibility index (Phi) is 4.55. The zero-order valence-electron chi connectivity index (χ0n) is 11.6. The summed E-state index contributed by atoms with van der Waals surface area (Å²) in [5.41, 5.74) is 1.82. The van der Waals surface area contributed by atoms with E-state index in [9.17, 15) is 14.7 Å². The number of hydrogen-bond acceptors (Lipinski definition) is 5. The number of hydrogen-bond donors (Lipinski definition) is 1. The maximum atomic E-state index is 12.1. The molecule has 1 aromatic heterocycles. The van der Waals surface area contributed by atoms with Crippen LogP contribution in [-0.2, 0) is 9.53 Å². The van der Waals surface area contributed by atoms with Gasteiger partial charge in [-0.1, -0.05) is 30.3 Å². The average Bonchev–Trinajstić information content (AvgIpc) is 2.89. The SMILES string of the molecule is COC(=O)C(O)=CC(=O)c1sc(-c2ccccc2)cc1C. The first-order valence-electron chi connectivity index (χ1n) is 6.22. The largest absolute Gasteiger partial charge is 0.502 e. The molecule has 4 nitrogen and oxygen atoms in total. The average molecular weight is 302 g/mol. The lowest BCUT2D eigenvalue weighted by molar-refractivity contribution is -0.139. The molecule has 0 spiro atoms. The van der Waals surface area contributed by atoms with Gasteiger partial charge in [-0.3, -0.25) is 4.79 Å². The summed E-state index contributed by atoms with van der Waals surface area (Å²) in [6, 6.07) is 11.6. The summed E-state index contributed by atoms with van der Waals surface area (Å²) in [6.45, 7) is 1.82. The summed E-state index contributed by atoms with van der Waals surface area (Å²) in [4.78, 5) is 24.7. The fourth-order valence-electron chi connectivity index (χ4n) is 1.82. The first-order chi connectivity index (χ1) is 10.0. The molecule has 1 heterocycles. The van der Waals surface area contributed by atoms with E-state index < -0.39 is 17.5 Å². The molecule has 0 aliphatic heterocycles. The quantitative estimate of drug-likeness (QED) is 0.406. The van der Waals surface area contributed by atoms with E-state index in [2.05, 4.69) is 4.74 Å². The molecule has 0 fully saturated rings. The molecule has 1 N–H and O–H groups in total. The van der Waals surface area contributed by atoms with E-state index in [0.717, 1.165) is 29.2 Å². The number of aryl methyl sites for hydroxylation is 1. The smallest absolute Gasteiger partial charge is 0.373 e. The minimum absolute atomic E-state index is 0.414. The molecule has 0 aliphatic carbocycles. The lowest BCUT2D eigenvalue weighted by Gasteiger charge is -1.97. The number of carbonyl (C=O) groups excluding carboxylic acids is 2. The molecule has 0 amide bonds. The topological polar surface area (TPSA) is 63.6 Å². The number of ether oxygens (including phenoxy) is 1. The van der Waals surface area contributed by atoms with E-state index in [4.69, 9.17) is 0 Å². The van der Waals surface area contributed by atoms with E-state index in [-0.39, 0.29) is 0 Å². The molecular formula is C16H14O4S.